The molecule has 0 aliphatic carbocycles. The van der Waals surface area contributed by atoms with Crippen LogP contribution in [0.5, 0.6) is 0 Å². The molecule has 1 aromatic carbocycles. The lowest BCUT2D eigenvalue weighted by Gasteiger charge is -2.15. The van der Waals surface area contributed by atoms with Gasteiger partial charge in [-0.15, -0.1) is 0 Å². The van der Waals surface area contributed by atoms with E-state index in [1.165, 1.54) is 6.07 Å². The Morgan fingerprint density at radius 2 is 1.89 bits per heavy atom. The fourth-order valence-electron chi connectivity index (χ4n) is 1.91. The summed E-state index contributed by atoms with van der Waals surface area (Å²) in [7, 11) is 0. The monoisotopic (exact) mass is 267 g/mol. The predicted molar refractivity (Wildman–Crippen MR) is 69.3 cm³/mol. The molecule has 2 unspecified atom stereocenters. The normalized spacial score (nSPS) is 13.6. The average molecular weight is 267 g/mol. The predicted octanol–water partition coefficient (Wildman–Crippen LogP) is 2.30. The molecule has 0 aliphatic rings. The topological polar surface area (TPSA) is 66.4 Å². The zero-order chi connectivity index (χ0) is 14.4. The lowest BCUT2D eigenvalue weighted by atomic mass is 9.97. The molecule has 1 aromatic rings. The number of carbonyl (C=O) groups excluding carboxylic acids is 1. The molecule has 0 saturated carbocycles. The summed E-state index contributed by atoms with van der Waals surface area (Å²) in [6.45, 7) is 3.39. The van der Waals surface area contributed by atoms with E-state index in [2.05, 4.69) is 5.32 Å². The van der Waals surface area contributed by atoms with Crippen LogP contribution in [0.3, 0.4) is 0 Å². The van der Waals surface area contributed by atoms with Gasteiger partial charge < -0.3 is 10.4 Å². The molecule has 0 spiro atoms. The third kappa shape index (κ3) is 5.07. The van der Waals surface area contributed by atoms with Crippen LogP contribution in [-0.4, -0.2) is 23.0 Å². The Morgan fingerprint density at radius 1 is 1.26 bits per heavy atom. The van der Waals surface area contributed by atoms with Gasteiger partial charge in [0.05, 0.1) is 6.42 Å². The van der Waals surface area contributed by atoms with Crippen LogP contribution >= 0.6 is 0 Å². The van der Waals surface area contributed by atoms with E-state index in [4.69, 9.17) is 5.11 Å². The highest BCUT2D eigenvalue weighted by Gasteiger charge is 2.16. The standard InChI is InChI=1S/C14H18FNO3/c1-9(11-5-3-4-6-12(11)15)7-13(17)16-10(2)8-14(18)19/h3-6,9-10H,7-8H2,1-2H3,(H,16,17)(H,18,19). The molecule has 2 atom stereocenters. The molecular formula is C14H18FNO3. The third-order valence-corrected chi connectivity index (χ3v) is 2.82. The number of carboxylic acid groups (broad SMARTS) is 1. The first kappa shape index (κ1) is 15.1. The van der Waals surface area contributed by atoms with Gasteiger partial charge in [-0.2, -0.15) is 0 Å². The van der Waals surface area contributed by atoms with E-state index < -0.39 is 12.0 Å². The van der Waals surface area contributed by atoms with Gasteiger partial charge in [-0.05, 0) is 24.5 Å². The van der Waals surface area contributed by atoms with E-state index in [1.807, 2.05) is 0 Å². The Balaban J connectivity index is 2.53. The molecule has 0 heterocycles. The van der Waals surface area contributed by atoms with Gasteiger partial charge in [0.25, 0.3) is 0 Å². The third-order valence-electron chi connectivity index (χ3n) is 2.82. The minimum atomic E-state index is -0.963. The van der Waals surface area contributed by atoms with E-state index in [0.29, 0.717) is 5.56 Å². The van der Waals surface area contributed by atoms with Crippen molar-refractivity contribution in [3.8, 4) is 0 Å². The minimum absolute atomic E-state index is 0.125. The second-order valence-electron chi connectivity index (χ2n) is 4.69. The van der Waals surface area contributed by atoms with E-state index in [-0.39, 0.29) is 30.5 Å². The number of benzene rings is 1. The first-order chi connectivity index (χ1) is 8.90. The van der Waals surface area contributed by atoms with Crippen LogP contribution in [0.15, 0.2) is 24.3 Å². The second kappa shape index (κ2) is 6.87. The minimum Gasteiger partial charge on any atom is -0.481 e. The van der Waals surface area contributed by atoms with Crippen molar-refractivity contribution in [2.45, 2.75) is 38.6 Å². The molecule has 1 rings (SSSR count). The molecule has 4 nitrogen and oxygen atoms in total. The zero-order valence-electron chi connectivity index (χ0n) is 11.0. The summed E-state index contributed by atoms with van der Waals surface area (Å²) >= 11 is 0. The second-order valence-corrected chi connectivity index (χ2v) is 4.69. The van der Waals surface area contributed by atoms with Crippen LogP contribution in [0.2, 0.25) is 0 Å². The number of carboxylic acids is 1. The smallest absolute Gasteiger partial charge is 0.305 e. The summed E-state index contributed by atoms with van der Waals surface area (Å²) in [5, 5.41) is 11.2. The number of amides is 1. The number of nitrogens with one attached hydrogen (secondary N) is 1. The van der Waals surface area contributed by atoms with E-state index in [1.54, 1.807) is 32.0 Å². The first-order valence-electron chi connectivity index (χ1n) is 6.15. The number of hydrogen-bond acceptors (Lipinski definition) is 2. The molecule has 0 radical (unpaired) electrons. The van der Waals surface area contributed by atoms with Crippen LogP contribution in [0, 0.1) is 5.82 Å². The highest BCUT2D eigenvalue weighted by Crippen LogP contribution is 2.21. The molecule has 0 bridgehead atoms. The fourth-order valence-corrected chi connectivity index (χ4v) is 1.91. The lowest BCUT2D eigenvalue weighted by Crippen LogP contribution is -2.34. The number of hydrogen-bond donors (Lipinski definition) is 2. The summed E-state index contributed by atoms with van der Waals surface area (Å²) in [5.74, 6) is -1.82. The molecule has 0 saturated heterocycles. The molecule has 5 heteroatoms. The van der Waals surface area contributed by atoms with Crippen molar-refractivity contribution in [2.75, 3.05) is 0 Å². The highest BCUT2D eigenvalue weighted by atomic mass is 19.1. The van der Waals surface area contributed by atoms with E-state index >= 15 is 0 Å². The average Bonchev–Trinajstić information content (AvgIpc) is 2.27. The van der Waals surface area contributed by atoms with Gasteiger partial charge in [0.2, 0.25) is 5.91 Å². The van der Waals surface area contributed by atoms with E-state index in [0.717, 1.165) is 0 Å². The van der Waals surface area contributed by atoms with Crippen molar-refractivity contribution in [1.82, 2.24) is 5.32 Å². The van der Waals surface area contributed by atoms with Crippen LogP contribution in [0.1, 0.15) is 38.2 Å². The van der Waals surface area contributed by atoms with Crippen molar-refractivity contribution < 1.29 is 19.1 Å². The summed E-state index contributed by atoms with van der Waals surface area (Å²) in [4.78, 5) is 22.2. The lowest BCUT2D eigenvalue weighted by molar-refractivity contribution is -0.137. The van der Waals surface area contributed by atoms with Gasteiger partial charge in [0.1, 0.15) is 5.82 Å². The molecule has 104 valence electrons. The summed E-state index contributed by atoms with van der Waals surface area (Å²) in [5.41, 5.74) is 0.489. The molecule has 1 amide bonds. The maximum absolute atomic E-state index is 13.5. The molecule has 19 heavy (non-hydrogen) atoms. The van der Waals surface area contributed by atoms with E-state index in [9.17, 15) is 14.0 Å². The zero-order valence-corrected chi connectivity index (χ0v) is 11.0. The molecule has 0 fully saturated rings. The summed E-state index contributed by atoms with van der Waals surface area (Å²) < 4.78 is 13.5. The molecule has 0 aromatic heterocycles. The summed E-state index contributed by atoms with van der Waals surface area (Å²) in [6.07, 6.45) is 0.00467. The van der Waals surface area contributed by atoms with Gasteiger partial charge in [-0.25, -0.2) is 4.39 Å². The quantitative estimate of drug-likeness (QED) is 0.831. The number of carbonyl (C=O) groups is 2. The van der Waals surface area contributed by atoms with Crippen molar-refractivity contribution in [3.63, 3.8) is 0 Å². The molecule has 0 aliphatic heterocycles. The Hall–Kier alpha value is -1.91. The summed E-state index contributed by atoms with van der Waals surface area (Å²) in [6, 6.07) is 5.89. The fraction of sp³-hybridized carbons (Fsp3) is 0.429. The number of aliphatic carboxylic acids is 1. The highest BCUT2D eigenvalue weighted by molar-refractivity contribution is 5.78. The van der Waals surface area contributed by atoms with Gasteiger partial charge in [0.15, 0.2) is 0 Å². The molecule has 2 N–H and O–H groups in total. The van der Waals surface area contributed by atoms with Crippen LogP contribution < -0.4 is 5.32 Å². The van der Waals surface area contributed by atoms with Gasteiger partial charge in [0, 0.05) is 12.5 Å². The van der Waals surface area contributed by atoms with Crippen molar-refractivity contribution in [1.29, 1.82) is 0 Å². The van der Waals surface area contributed by atoms with Crippen molar-refractivity contribution in [2.24, 2.45) is 0 Å². The maximum Gasteiger partial charge on any atom is 0.305 e. The maximum atomic E-state index is 13.5. The van der Waals surface area contributed by atoms with Gasteiger partial charge >= 0.3 is 5.97 Å². The SMILES string of the molecule is CC(CC(=O)O)NC(=O)CC(C)c1ccccc1F. The Morgan fingerprint density at radius 3 is 2.47 bits per heavy atom. The van der Waals surface area contributed by atoms with Crippen molar-refractivity contribution >= 4 is 11.9 Å². The van der Waals surface area contributed by atoms with Crippen LogP contribution in [0.25, 0.3) is 0 Å². The van der Waals surface area contributed by atoms with Gasteiger partial charge in [-0.1, -0.05) is 25.1 Å². The van der Waals surface area contributed by atoms with Crippen molar-refractivity contribution in [3.05, 3.63) is 35.6 Å². The Bertz CT molecular complexity index is 462. The first-order valence-corrected chi connectivity index (χ1v) is 6.15. The number of rotatable bonds is 6. The Labute approximate surface area is 111 Å². The number of halogens is 1. The molecular weight excluding hydrogens is 249 g/mol. The Kier molecular flexibility index (Phi) is 5.48. The largest absolute Gasteiger partial charge is 0.481 e. The van der Waals surface area contributed by atoms with Crippen LogP contribution in [0.4, 0.5) is 4.39 Å². The van der Waals surface area contributed by atoms with Crippen LogP contribution in [-0.2, 0) is 9.59 Å². The van der Waals surface area contributed by atoms with Gasteiger partial charge in [-0.3, -0.25) is 9.59 Å².